The van der Waals surface area contributed by atoms with Crippen molar-refractivity contribution in [1.29, 1.82) is 0 Å². The van der Waals surface area contributed by atoms with Gasteiger partial charge in [0.25, 0.3) is 0 Å². The summed E-state index contributed by atoms with van der Waals surface area (Å²) in [5.41, 5.74) is 2.57. The largest absolute Gasteiger partial charge is 0.462 e. The average Bonchev–Trinajstić information content (AvgIpc) is 2.28. The number of carbonyl (C=O) groups excluding carboxylic acids is 1. The molecule has 5 nitrogen and oxygen atoms in total. The lowest BCUT2D eigenvalue weighted by atomic mass is 10.1. The van der Waals surface area contributed by atoms with E-state index in [1.54, 1.807) is 6.92 Å². The van der Waals surface area contributed by atoms with Crippen molar-refractivity contribution in [2.45, 2.75) is 13.5 Å². The van der Waals surface area contributed by atoms with Crippen LogP contribution in [0.3, 0.4) is 0 Å². The smallest absolute Gasteiger partial charge is 0.387 e. The standard InChI is InChI=1S/C10H12F2N2O3/c1-2-16-9(15)7-5-6(17-10(11)12)3-4-8(7)14-13/h3-5,10,14H,2,13H2,1H3. The maximum absolute atomic E-state index is 12.0. The minimum Gasteiger partial charge on any atom is -0.462 e. The molecule has 1 aromatic carbocycles. The highest BCUT2D eigenvalue weighted by molar-refractivity contribution is 5.96. The number of hydrazine groups is 1. The van der Waals surface area contributed by atoms with Crippen LogP contribution in [0.25, 0.3) is 0 Å². The number of halogens is 2. The van der Waals surface area contributed by atoms with Crippen LogP contribution in [0.1, 0.15) is 17.3 Å². The molecule has 0 aliphatic carbocycles. The number of alkyl halides is 2. The first kappa shape index (κ1) is 13.2. The molecule has 3 N–H and O–H groups in total. The Morgan fingerprint density at radius 1 is 1.53 bits per heavy atom. The van der Waals surface area contributed by atoms with Gasteiger partial charge in [-0.05, 0) is 25.1 Å². The third-order valence-corrected chi connectivity index (χ3v) is 1.87. The maximum atomic E-state index is 12.0. The Bertz CT molecular complexity index is 399. The minimum atomic E-state index is -2.96. The Kier molecular flexibility index (Phi) is 4.65. The molecule has 0 saturated carbocycles. The minimum absolute atomic E-state index is 0.0347. The Hall–Kier alpha value is -1.89. The van der Waals surface area contributed by atoms with Crippen molar-refractivity contribution in [1.82, 2.24) is 0 Å². The summed E-state index contributed by atoms with van der Waals surface area (Å²) in [4.78, 5) is 11.5. The van der Waals surface area contributed by atoms with Crippen molar-refractivity contribution in [3.8, 4) is 5.75 Å². The van der Waals surface area contributed by atoms with Gasteiger partial charge in [-0.3, -0.25) is 5.84 Å². The molecular formula is C10H12F2N2O3. The quantitative estimate of drug-likeness (QED) is 0.470. The van der Waals surface area contributed by atoms with Crippen LogP contribution in [-0.2, 0) is 4.74 Å². The summed E-state index contributed by atoms with van der Waals surface area (Å²) in [7, 11) is 0. The predicted molar refractivity (Wildman–Crippen MR) is 56.8 cm³/mol. The zero-order valence-corrected chi connectivity index (χ0v) is 9.07. The number of rotatable bonds is 5. The van der Waals surface area contributed by atoms with E-state index < -0.39 is 12.6 Å². The molecular weight excluding hydrogens is 234 g/mol. The van der Waals surface area contributed by atoms with Crippen LogP contribution in [0.2, 0.25) is 0 Å². The molecule has 0 aliphatic rings. The lowest BCUT2D eigenvalue weighted by molar-refractivity contribution is -0.0499. The second-order valence-electron chi connectivity index (χ2n) is 2.95. The molecule has 0 fully saturated rings. The van der Waals surface area contributed by atoms with E-state index >= 15 is 0 Å². The van der Waals surface area contributed by atoms with Gasteiger partial charge in [-0.2, -0.15) is 8.78 Å². The number of anilines is 1. The molecule has 7 heteroatoms. The molecule has 0 spiro atoms. The summed E-state index contributed by atoms with van der Waals surface area (Å²) in [6.07, 6.45) is 0. The van der Waals surface area contributed by atoms with Crippen molar-refractivity contribution in [3.63, 3.8) is 0 Å². The average molecular weight is 246 g/mol. The molecule has 0 heterocycles. The number of carbonyl (C=O) groups is 1. The molecule has 1 rings (SSSR count). The fraction of sp³-hybridized carbons (Fsp3) is 0.300. The molecule has 0 unspecified atom stereocenters. The summed E-state index contributed by atoms with van der Waals surface area (Å²) in [6, 6.07) is 3.76. The van der Waals surface area contributed by atoms with E-state index in [1.807, 2.05) is 0 Å². The molecule has 1 aromatic rings. The van der Waals surface area contributed by atoms with E-state index in [0.717, 1.165) is 6.07 Å². The van der Waals surface area contributed by atoms with Gasteiger partial charge in [-0.15, -0.1) is 0 Å². The van der Waals surface area contributed by atoms with Crippen molar-refractivity contribution < 1.29 is 23.0 Å². The van der Waals surface area contributed by atoms with E-state index in [1.165, 1.54) is 12.1 Å². The van der Waals surface area contributed by atoms with Crippen molar-refractivity contribution >= 4 is 11.7 Å². The Morgan fingerprint density at radius 2 is 2.24 bits per heavy atom. The van der Waals surface area contributed by atoms with Gasteiger partial charge < -0.3 is 14.9 Å². The number of hydrogen-bond acceptors (Lipinski definition) is 5. The highest BCUT2D eigenvalue weighted by atomic mass is 19.3. The zero-order valence-electron chi connectivity index (χ0n) is 9.07. The van der Waals surface area contributed by atoms with Gasteiger partial charge in [0.1, 0.15) is 5.75 Å². The number of nitrogen functional groups attached to an aromatic ring is 1. The lowest BCUT2D eigenvalue weighted by Crippen LogP contribution is -2.14. The van der Waals surface area contributed by atoms with Crippen LogP contribution in [0, 0.1) is 0 Å². The highest BCUT2D eigenvalue weighted by Gasteiger charge is 2.14. The number of esters is 1. The van der Waals surface area contributed by atoms with E-state index in [-0.39, 0.29) is 23.6 Å². The van der Waals surface area contributed by atoms with Gasteiger partial charge in [0.05, 0.1) is 17.9 Å². The molecule has 17 heavy (non-hydrogen) atoms. The topological polar surface area (TPSA) is 73.6 Å². The van der Waals surface area contributed by atoms with Gasteiger partial charge in [0, 0.05) is 0 Å². The van der Waals surface area contributed by atoms with Gasteiger partial charge in [0.2, 0.25) is 0 Å². The number of benzene rings is 1. The van der Waals surface area contributed by atoms with Crippen LogP contribution in [0.4, 0.5) is 14.5 Å². The summed E-state index contributed by atoms with van der Waals surface area (Å²) in [6.45, 7) is -1.16. The first-order valence-electron chi connectivity index (χ1n) is 4.81. The van der Waals surface area contributed by atoms with Crippen molar-refractivity contribution in [2.24, 2.45) is 5.84 Å². The van der Waals surface area contributed by atoms with E-state index in [9.17, 15) is 13.6 Å². The van der Waals surface area contributed by atoms with Crippen LogP contribution in [0.15, 0.2) is 18.2 Å². The molecule has 0 bridgehead atoms. The molecule has 0 aromatic heterocycles. The van der Waals surface area contributed by atoms with E-state index in [0.29, 0.717) is 0 Å². The van der Waals surface area contributed by atoms with Gasteiger partial charge in [-0.1, -0.05) is 0 Å². The van der Waals surface area contributed by atoms with Crippen LogP contribution >= 0.6 is 0 Å². The number of hydrogen-bond donors (Lipinski definition) is 2. The SMILES string of the molecule is CCOC(=O)c1cc(OC(F)F)ccc1NN. The first-order chi connectivity index (χ1) is 8.08. The van der Waals surface area contributed by atoms with Crippen LogP contribution < -0.4 is 16.0 Å². The predicted octanol–water partition coefficient (Wildman–Crippen LogP) is 1.75. The molecule has 0 saturated heterocycles. The van der Waals surface area contributed by atoms with Crippen molar-refractivity contribution in [3.05, 3.63) is 23.8 Å². The normalized spacial score (nSPS) is 10.2. The van der Waals surface area contributed by atoms with E-state index in [4.69, 9.17) is 10.6 Å². The number of ether oxygens (including phenoxy) is 2. The Balaban J connectivity index is 3.01. The molecule has 0 aliphatic heterocycles. The molecule has 0 atom stereocenters. The summed E-state index contributed by atoms with van der Waals surface area (Å²) >= 11 is 0. The summed E-state index contributed by atoms with van der Waals surface area (Å²) < 4.78 is 32.9. The molecule has 0 radical (unpaired) electrons. The zero-order chi connectivity index (χ0) is 12.8. The summed E-state index contributed by atoms with van der Waals surface area (Å²) in [5, 5.41) is 0. The van der Waals surface area contributed by atoms with Crippen LogP contribution in [0.5, 0.6) is 5.75 Å². The van der Waals surface area contributed by atoms with Gasteiger partial charge >= 0.3 is 12.6 Å². The fourth-order valence-electron chi connectivity index (χ4n) is 1.20. The molecule has 94 valence electrons. The second-order valence-corrected chi connectivity index (χ2v) is 2.95. The van der Waals surface area contributed by atoms with Gasteiger partial charge in [0.15, 0.2) is 0 Å². The van der Waals surface area contributed by atoms with Crippen LogP contribution in [-0.4, -0.2) is 19.2 Å². The highest BCUT2D eigenvalue weighted by Crippen LogP contribution is 2.23. The van der Waals surface area contributed by atoms with Gasteiger partial charge in [-0.25, -0.2) is 4.79 Å². The van der Waals surface area contributed by atoms with Crippen molar-refractivity contribution in [2.75, 3.05) is 12.0 Å². The summed E-state index contributed by atoms with van der Waals surface area (Å²) in [5.74, 6) is 4.39. The second kappa shape index (κ2) is 6.00. The Labute approximate surface area is 96.5 Å². The third kappa shape index (κ3) is 3.56. The monoisotopic (exact) mass is 246 g/mol. The maximum Gasteiger partial charge on any atom is 0.387 e. The van der Waals surface area contributed by atoms with E-state index in [2.05, 4.69) is 10.2 Å². The fourth-order valence-corrected chi connectivity index (χ4v) is 1.20. The lowest BCUT2D eigenvalue weighted by Gasteiger charge is -2.10. The Morgan fingerprint density at radius 3 is 2.76 bits per heavy atom. The molecule has 0 amide bonds. The third-order valence-electron chi connectivity index (χ3n) is 1.87. The first-order valence-corrected chi connectivity index (χ1v) is 4.81. The number of nitrogens with one attached hydrogen (secondary N) is 1. The number of nitrogens with two attached hydrogens (primary N) is 1.